The van der Waals surface area contributed by atoms with E-state index >= 15 is 0 Å². The molecule has 1 aliphatic heterocycles. The van der Waals surface area contributed by atoms with Gasteiger partial charge in [0.05, 0.1) is 12.0 Å². The highest BCUT2D eigenvalue weighted by Gasteiger charge is 2.28. The minimum Gasteiger partial charge on any atom is -0.466 e. The normalized spacial score (nSPS) is 15.7. The van der Waals surface area contributed by atoms with E-state index < -0.39 is 16.0 Å². The maximum Gasteiger partial charge on any atom is 0.330 e. The average molecular weight is 421 g/mol. The summed E-state index contributed by atoms with van der Waals surface area (Å²) in [6.07, 6.45) is 2.79. The number of carbonyl (C=O) groups is 1. The van der Waals surface area contributed by atoms with Crippen LogP contribution < -0.4 is 4.90 Å². The average Bonchev–Trinajstić information content (AvgIpc) is 2.73. The fourth-order valence-corrected chi connectivity index (χ4v) is 4.60. The zero-order valence-corrected chi connectivity index (χ0v) is 17.0. The van der Waals surface area contributed by atoms with Gasteiger partial charge in [0.15, 0.2) is 0 Å². The summed E-state index contributed by atoms with van der Waals surface area (Å²) in [6, 6.07) is 14.0. The van der Waals surface area contributed by atoms with Crippen molar-refractivity contribution >= 4 is 39.4 Å². The molecular formula is C20H21ClN2O4S. The van der Waals surface area contributed by atoms with Gasteiger partial charge < -0.3 is 9.64 Å². The van der Waals surface area contributed by atoms with E-state index in [0.717, 1.165) is 5.69 Å². The van der Waals surface area contributed by atoms with Crippen molar-refractivity contribution in [3.05, 3.63) is 65.2 Å². The number of carbonyl (C=O) groups excluding carboxylic acids is 1. The number of benzene rings is 2. The fraction of sp³-hybridized carbons (Fsp3) is 0.250. The number of piperazine rings is 1. The Hall–Kier alpha value is -2.35. The van der Waals surface area contributed by atoms with Crippen LogP contribution in [0.3, 0.4) is 0 Å². The SMILES string of the molecule is COC(=O)/C=C/c1cccc(S(=O)(=O)N2CCN(c3ccc(Cl)cc3)CC2)c1. The molecule has 0 bridgehead atoms. The summed E-state index contributed by atoms with van der Waals surface area (Å²) in [6.45, 7) is 1.99. The van der Waals surface area contributed by atoms with E-state index in [1.807, 2.05) is 24.3 Å². The monoisotopic (exact) mass is 420 g/mol. The lowest BCUT2D eigenvalue weighted by molar-refractivity contribution is -0.134. The molecule has 1 fully saturated rings. The molecule has 0 radical (unpaired) electrons. The molecule has 0 aromatic heterocycles. The second kappa shape index (κ2) is 8.77. The van der Waals surface area contributed by atoms with E-state index in [9.17, 15) is 13.2 Å². The zero-order valence-electron chi connectivity index (χ0n) is 15.4. The summed E-state index contributed by atoms with van der Waals surface area (Å²) in [5.41, 5.74) is 1.64. The van der Waals surface area contributed by atoms with Crippen LogP contribution in [0, 0.1) is 0 Å². The first-order chi connectivity index (χ1) is 13.4. The summed E-state index contributed by atoms with van der Waals surface area (Å²) in [5, 5.41) is 0.672. The van der Waals surface area contributed by atoms with Crippen LogP contribution in [-0.4, -0.2) is 52.0 Å². The number of methoxy groups -OCH3 is 1. The van der Waals surface area contributed by atoms with Gasteiger partial charge in [0.2, 0.25) is 10.0 Å². The van der Waals surface area contributed by atoms with Crippen LogP contribution >= 0.6 is 11.6 Å². The molecule has 2 aromatic carbocycles. The first-order valence-electron chi connectivity index (χ1n) is 8.77. The molecule has 0 unspecified atom stereocenters. The van der Waals surface area contributed by atoms with Gasteiger partial charge in [-0.3, -0.25) is 0 Å². The van der Waals surface area contributed by atoms with Gasteiger partial charge in [0.1, 0.15) is 0 Å². The summed E-state index contributed by atoms with van der Waals surface area (Å²) in [4.78, 5) is 13.6. The molecule has 0 atom stereocenters. The van der Waals surface area contributed by atoms with E-state index in [0.29, 0.717) is 36.8 Å². The standard InChI is InChI=1S/C20H21ClN2O4S/c1-27-20(24)10-5-16-3-2-4-19(15-16)28(25,26)23-13-11-22(12-14-23)18-8-6-17(21)7-9-18/h2-10,15H,11-14H2,1H3/b10-5+. The quantitative estimate of drug-likeness (QED) is 0.549. The predicted octanol–water partition coefficient (Wildman–Crippen LogP) is 3.04. The van der Waals surface area contributed by atoms with E-state index in [2.05, 4.69) is 9.64 Å². The third-order valence-corrected chi connectivity index (χ3v) is 6.69. The molecule has 2 aromatic rings. The van der Waals surface area contributed by atoms with Crippen LogP contribution in [0.2, 0.25) is 5.02 Å². The Morgan fingerprint density at radius 3 is 2.39 bits per heavy atom. The van der Waals surface area contributed by atoms with Gasteiger partial charge in [-0.1, -0.05) is 23.7 Å². The maximum absolute atomic E-state index is 13.0. The van der Waals surface area contributed by atoms with Crippen molar-refractivity contribution in [2.24, 2.45) is 0 Å². The Labute approximate surface area is 170 Å². The van der Waals surface area contributed by atoms with Gasteiger partial charge in [-0.25, -0.2) is 13.2 Å². The van der Waals surface area contributed by atoms with Crippen molar-refractivity contribution in [2.75, 3.05) is 38.2 Å². The van der Waals surface area contributed by atoms with E-state index in [-0.39, 0.29) is 4.90 Å². The number of hydrogen-bond donors (Lipinski definition) is 0. The first kappa shape index (κ1) is 20.4. The van der Waals surface area contributed by atoms with Crippen molar-refractivity contribution in [3.63, 3.8) is 0 Å². The number of sulfonamides is 1. The third-order valence-electron chi connectivity index (χ3n) is 4.54. The molecule has 6 nitrogen and oxygen atoms in total. The lowest BCUT2D eigenvalue weighted by atomic mass is 10.2. The van der Waals surface area contributed by atoms with Gasteiger partial charge in [-0.05, 0) is 48.0 Å². The number of rotatable bonds is 5. The molecule has 1 saturated heterocycles. The van der Waals surface area contributed by atoms with Crippen LogP contribution in [0.15, 0.2) is 59.5 Å². The van der Waals surface area contributed by atoms with Gasteiger partial charge in [-0.15, -0.1) is 0 Å². The number of anilines is 1. The Morgan fingerprint density at radius 1 is 1.07 bits per heavy atom. The van der Waals surface area contributed by atoms with Crippen LogP contribution in [-0.2, 0) is 19.6 Å². The van der Waals surface area contributed by atoms with Crippen LogP contribution in [0.5, 0.6) is 0 Å². The van der Waals surface area contributed by atoms with Crippen LogP contribution in [0.1, 0.15) is 5.56 Å². The number of nitrogens with zero attached hydrogens (tertiary/aromatic N) is 2. The second-order valence-electron chi connectivity index (χ2n) is 6.30. The zero-order chi connectivity index (χ0) is 20.1. The van der Waals surface area contributed by atoms with Crippen molar-refractivity contribution in [1.29, 1.82) is 0 Å². The molecule has 0 amide bonds. The molecular weight excluding hydrogens is 400 g/mol. The molecule has 148 valence electrons. The van der Waals surface area contributed by atoms with E-state index in [1.54, 1.807) is 24.3 Å². The summed E-state index contributed by atoms with van der Waals surface area (Å²) < 4.78 is 32.0. The minimum atomic E-state index is -3.61. The first-order valence-corrected chi connectivity index (χ1v) is 10.6. The molecule has 1 heterocycles. The number of ether oxygens (including phenoxy) is 1. The van der Waals surface area contributed by atoms with Gasteiger partial charge >= 0.3 is 5.97 Å². The molecule has 0 saturated carbocycles. The smallest absolute Gasteiger partial charge is 0.330 e. The Kier molecular flexibility index (Phi) is 6.39. The summed E-state index contributed by atoms with van der Waals surface area (Å²) >= 11 is 5.93. The van der Waals surface area contributed by atoms with Crippen molar-refractivity contribution in [1.82, 2.24) is 4.31 Å². The Balaban J connectivity index is 1.71. The van der Waals surface area contributed by atoms with Crippen molar-refractivity contribution in [3.8, 4) is 0 Å². The number of esters is 1. The third kappa shape index (κ3) is 4.73. The Morgan fingerprint density at radius 2 is 1.75 bits per heavy atom. The molecule has 3 rings (SSSR count). The highest BCUT2D eigenvalue weighted by Crippen LogP contribution is 2.23. The largest absolute Gasteiger partial charge is 0.466 e. The molecule has 8 heteroatoms. The molecule has 0 aliphatic carbocycles. The maximum atomic E-state index is 13.0. The summed E-state index contributed by atoms with van der Waals surface area (Å²) in [5.74, 6) is -0.494. The van der Waals surface area contributed by atoms with Crippen LogP contribution in [0.25, 0.3) is 6.08 Å². The number of halogens is 1. The highest BCUT2D eigenvalue weighted by molar-refractivity contribution is 7.89. The lowest BCUT2D eigenvalue weighted by Gasteiger charge is -2.35. The highest BCUT2D eigenvalue weighted by atomic mass is 35.5. The van der Waals surface area contributed by atoms with Crippen molar-refractivity contribution in [2.45, 2.75) is 4.90 Å². The molecule has 1 aliphatic rings. The topological polar surface area (TPSA) is 66.9 Å². The van der Waals surface area contributed by atoms with Gasteiger partial charge in [0.25, 0.3) is 0 Å². The number of hydrogen-bond acceptors (Lipinski definition) is 5. The fourth-order valence-electron chi connectivity index (χ4n) is 3.00. The van der Waals surface area contributed by atoms with Gasteiger partial charge in [-0.2, -0.15) is 4.31 Å². The lowest BCUT2D eigenvalue weighted by Crippen LogP contribution is -2.48. The Bertz CT molecular complexity index is 966. The second-order valence-corrected chi connectivity index (χ2v) is 8.67. The van der Waals surface area contributed by atoms with E-state index in [1.165, 1.54) is 23.6 Å². The summed E-state index contributed by atoms with van der Waals surface area (Å²) in [7, 11) is -2.32. The van der Waals surface area contributed by atoms with Crippen LogP contribution in [0.4, 0.5) is 5.69 Å². The molecule has 28 heavy (non-hydrogen) atoms. The predicted molar refractivity (Wildman–Crippen MR) is 110 cm³/mol. The minimum absolute atomic E-state index is 0.208. The van der Waals surface area contributed by atoms with Crippen molar-refractivity contribution < 1.29 is 17.9 Å². The van der Waals surface area contributed by atoms with E-state index in [4.69, 9.17) is 11.6 Å². The molecule has 0 N–H and O–H groups in total. The molecule has 0 spiro atoms. The van der Waals surface area contributed by atoms with Gasteiger partial charge in [0, 0.05) is 43.0 Å².